The Kier molecular flexibility index (Phi) is 5.07. The molecule has 100 valence electrons. The van der Waals surface area contributed by atoms with Crippen molar-refractivity contribution in [3.63, 3.8) is 0 Å². The molecule has 4 heteroatoms. The summed E-state index contributed by atoms with van der Waals surface area (Å²) in [6.07, 6.45) is 1.11. The molecule has 0 radical (unpaired) electrons. The van der Waals surface area contributed by atoms with E-state index in [0.29, 0.717) is 4.99 Å². The van der Waals surface area contributed by atoms with Crippen molar-refractivity contribution in [3.05, 3.63) is 57.8 Å². The summed E-state index contributed by atoms with van der Waals surface area (Å²) in [5.74, 6) is 0. The third-order valence-corrected chi connectivity index (χ3v) is 4.18. The molecule has 0 atom stereocenters. The van der Waals surface area contributed by atoms with Gasteiger partial charge in [0.25, 0.3) is 0 Å². The van der Waals surface area contributed by atoms with Crippen LogP contribution in [0.15, 0.2) is 41.8 Å². The molecule has 2 rings (SSSR count). The van der Waals surface area contributed by atoms with Gasteiger partial charge in [-0.3, -0.25) is 0 Å². The fourth-order valence-electron chi connectivity index (χ4n) is 1.92. The molecule has 0 aliphatic rings. The van der Waals surface area contributed by atoms with Gasteiger partial charge in [0.1, 0.15) is 4.99 Å². The van der Waals surface area contributed by atoms with Crippen molar-refractivity contribution in [3.8, 4) is 0 Å². The highest BCUT2D eigenvalue weighted by Crippen LogP contribution is 2.11. The van der Waals surface area contributed by atoms with Gasteiger partial charge in [0.15, 0.2) is 0 Å². The predicted octanol–water partition coefficient (Wildman–Crippen LogP) is 3.06. The van der Waals surface area contributed by atoms with Crippen LogP contribution in [0.2, 0.25) is 0 Å². The quantitative estimate of drug-likeness (QED) is 0.829. The summed E-state index contributed by atoms with van der Waals surface area (Å²) in [6.45, 7) is 2.01. The van der Waals surface area contributed by atoms with Crippen molar-refractivity contribution in [2.45, 2.75) is 13.0 Å². The van der Waals surface area contributed by atoms with Gasteiger partial charge in [0, 0.05) is 23.5 Å². The van der Waals surface area contributed by atoms with Gasteiger partial charge in [-0.05, 0) is 30.5 Å². The van der Waals surface area contributed by atoms with Crippen LogP contribution < -0.4 is 5.73 Å². The molecule has 0 aliphatic carbocycles. The summed E-state index contributed by atoms with van der Waals surface area (Å²) in [6, 6.07) is 12.5. The third kappa shape index (κ3) is 4.42. The Balaban J connectivity index is 1.84. The number of nitrogens with two attached hydrogens (primary N) is 1. The second-order valence-corrected chi connectivity index (χ2v) is 6.10. The van der Waals surface area contributed by atoms with Crippen molar-refractivity contribution in [2.24, 2.45) is 5.73 Å². The standard InChI is InChI=1S/C15H18N2S2/c1-17(9-8-14-3-2-10-19-14)11-12-4-6-13(7-5-12)15(16)18/h2-7,10H,8-9,11H2,1H3,(H2,16,18). The summed E-state index contributed by atoms with van der Waals surface area (Å²) in [5, 5.41) is 2.13. The van der Waals surface area contributed by atoms with Crippen LogP contribution in [-0.2, 0) is 13.0 Å². The van der Waals surface area contributed by atoms with Crippen LogP contribution in [0.4, 0.5) is 0 Å². The number of likely N-dealkylation sites (N-methyl/N-ethyl adjacent to an activating group) is 1. The van der Waals surface area contributed by atoms with E-state index in [1.807, 2.05) is 23.5 Å². The van der Waals surface area contributed by atoms with E-state index in [1.54, 1.807) is 0 Å². The van der Waals surface area contributed by atoms with Crippen LogP contribution in [0.5, 0.6) is 0 Å². The predicted molar refractivity (Wildman–Crippen MR) is 86.7 cm³/mol. The van der Waals surface area contributed by atoms with Gasteiger partial charge >= 0.3 is 0 Å². The maximum absolute atomic E-state index is 5.59. The Hall–Kier alpha value is -1.23. The molecule has 2 aromatic rings. The maximum Gasteiger partial charge on any atom is 0.103 e. The zero-order chi connectivity index (χ0) is 13.7. The van der Waals surface area contributed by atoms with Crippen molar-refractivity contribution in [1.29, 1.82) is 0 Å². The van der Waals surface area contributed by atoms with Crippen molar-refractivity contribution in [1.82, 2.24) is 4.90 Å². The fraction of sp³-hybridized carbons (Fsp3) is 0.267. The van der Waals surface area contributed by atoms with E-state index in [1.165, 1.54) is 10.4 Å². The van der Waals surface area contributed by atoms with E-state index >= 15 is 0 Å². The van der Waals surface area contributed by atoms with Crippen LogP contribution in [0.3, 0.4) is 0 Å². The molecule has 0 spiro atoms. The fourth-order valence-corrected chi connectivity index (χ4v) is 2.76. The lowest BCUT2D eigenvalue weighted by Crippen LogP contribution is -2.20. The summed E-state index contributed by atoms with van der Waals surface area (Å²) in [5.41, 5.74) is 7.81. The first kappa shape index (κ1) is 14.2. The van der Waals surface area contributed by atoms with Crippen molar-refractivity contribution >= 4 is 28.5 Å². The average molecular weight is 290 g/mol. The monoisotopic (exact) mass is 290 g/mol. The Morgan fingerprint density at radius 1 is 1.26 bits per heavy atom. The number of hydrogen-bond acceptors (Lipinski definition) is 3. The SMILES string of the molecule is CN(CCc1cccs1)Cc1ccc(C(N)=S)cc1. The number of benzene rings is 1. The molecule has 1 aromatic heterocycles. The van der Waals surface area contributed by atoms with Gasteiger partial charge in [0.2, 0.25) is 0 Å². The average Bonchev–Trinajstić information content (AvgIpc) is 2.90. The Morgan fingerprint density at radius 3 is 2.58 bits per heavy atom. The highest BCUT2D eigenvalue weighted by atomic mass is 32.1. The minimum Gasteiger partial charge on any atom is -0.389 e. The molecule has 0 saturated heterocycles. The van der Waals surface area contributed by atoms with Gasteiger partial charge in [-0.15, -0.1) is 11.3 Å². The molecular formula is C15H18N2S2. The van der Waals surface area contributed by atoms with Crippen molar-refractivity contribution < 1.29 is 0 Å². The van der Waals surface area contributed by atoms with Crippen molar-refractivity contribution in [2.75, 3.05) is 13.6 Å². The van der Waals surface area contributed by atoms with E-state index in [-0.39, 0.29) is 0 Å². The Bertz CT molecular complexity index is 518. The molecule has 0 saturated carbocycles. The second-order valence-electron chi connectivity index (χ2n) is 4.63. The molecule has 0 unspecified atom stereocenters. The van der Waals surface area contributed by atoms with E-state index in [2.05, 4.69) is 41.6 Å². The normalized spacial score (nSPS) is 10.8. The van der Waals surface area contributed by atoms with Crippen LogP contribution in [0.25, 0.3) is 0 Å². The summed E-state index contributed by atoms with van der Waals surface area (Å²) >= 11 is 6.77. The van der Waals surface area contributed by atoms with E-state index in [4.69, 9.17) is 18.0 Å². The summed E-state index contributed by atoms with van der Waals surface area (Å²) in [4.78, 5) is 4.23. The van der Waals surface area contributed by atoms with Gasteiger partial charge in [0.05, 0.1) is 0 Å². The smallest absolute Gasteiger partial charge is 0.103 e. The lowest BCUT2D eigenvalue weighted by atomic mass is 10.1. The molecule has 1 aromatic carbocycles. The lowest BCUT2D eigenvalue weighted by Gasteiger charge is -2.16. The molecule has 0 amide bonds. The third-order valence-electron chi connectivity index (χ3n) is 3.01. The number of thiophene rings is 1. The topological polar surface area (TPSA) is 29.3 Å². The first-order chi connectivity index (χ1) is 9.15. The largest absolute Gasteiger partial charge is 0.389 e. The minimum absolute atomic E-state index is 0.456. The highest BCUT2D eigenvalue weighted by Gasteiger charge is 2.02. The van der Waals surface area contributed by atoms with Gasteiger partial charge < -0.3 is 10.6 Å². The van der Waals surface area contributed by atoms with E-state index < -0.39 is 0 Å². The molecule has 2 nitrogen and oxygen atoms in total. The molecule has 0 fully saturated rings. The Morgan fingerprint density at radius 2 is 2.00 bits per heavy atom. The molecular weight excluding hydrogens is 272 g/mol. The molecule has 2 N–H and O–H groups in total. The first-order valence-corrected chi connectivity index (χ1v) is 7.53. The minimum atomic E-state index is 0.456. The zero-order valence-electron chi connectivity index (χ0n) is 11.0. The molecule has 0 aliphatic heterocycles. The van der Waals surface area contributed by atoms with Crippen LogP contribution in [0.1, 0.15) is 16.0 Å². The number of rotatable bonds is 6. The van der Waals surface area contributed by atoms with E-state index in [0.717, 1.165) is 25.1 Å². The molecule has 0 bridgehead atoms. The number of nitrogens with zero attached hydrogens (tertiary/aromatic N) is 1. The van der Waals surface area contributed by atoms with E-state index in [9.17, 15) is 0 Å². The maximum atomic E-state index is 5.59. The number of thiocarbonyl (C=S) groups is 1. The molecule has 1 heterocycles. The van der Waals surface area contributed by atoms with Crippen LogP contribution in [-0.4, -0.2) is 23.5 Å². The number of hydrogen-bond donors (Lipinski definition) is 1. The molecule has 19 heavy (non-hydrogen) atoms. The highest BCUT2D eigenvalue weighted by molar-refractivity contribution is 7.80. The summed E-state index contributed by atoms with van der Waals surface area (Å²) in [7, 11) is 2.15. The lowest BCUT2D eigenvalue weighted by molar-refractivity contribution is 0.332. The van der Waals surface area contributed by atoms with Crippen LogP contribution >= 0.6 is 23.6 Å². The van der Waals surface area contributed by atoms with Gasteiger partial charge in [-0.25, -0.2) is 0 Å². The first-order valence-electron chi connectivity index (χ1n) is 6.25. The van der Waals surface area contributed by atoms with Gasteiger partial charge in [-0.2, -0.15) is 0 Å². The summed E-state index contributed by atoms with van der Waals surface area (Å²) < 4.78 is 0. The van der Waals surface area contributed by atoms with Gasteiger partial charge in [-0.1, -0.05) is 42.5 Å². The van der Waals surface area contributed by atoms with Crippen LogP contribution in [0, 0.1) is 0 Å². The Labute approximate surface area is 123 Å². The zero-order valence-corrected chi connectivity index (χ0v) is 12.6. The second kappa shape index (κ2) is 6.80.